The number of fused-ring (bicyclic) bond motifs is 1. The predicted octanol–water partition coefficient (Wildman–Crippen LogP) is 3.83. The van der Waals surface area contributed by atoms with Crippen molar-refractivity contribution < 1.29 is 14.3 Å². The molecule has 0 radical (unpaired) electrons. The van der Waals surface area contributed by atoms with Crippen LogP contribution in [0.25, 0.3) is 11.3 Å². The van der Waals surface area contributed by atoms with Crippen LogP contribution in [0.2, 0.25) is 0 Å². The van der Waals surface area contributed by atoms with Crippen molar-refractivity contribution in [1.29, 1.82) is 0 Å². The Labute approximate surface area is 138 Å². The van der Waals surface area contributed by atoms with Crippen molar-refractivity contribution in [3.63, 3.8) is 0 Å². The van der Waals surface area contributed by atoms with Crippen molar-refractivity contribution >= 4 is 22.4 Å². The average Bonchev–Trinajstić information content (AvgIpc) is 3.23. The second-order valence-corrected chi connectivity index (χ2v) is 6.43. The van der Waals surface area contributed by atoms with Gasteiger partial charge in [0, 0.05) is 16.9 Å². The van der Waals surface area contributed by atoms with Gasteiger partial charge in [0.1, 0.15) is 0 Å². The zero-order valence-corrected chi connectivity index (χ0v) is 13.3. The fourth-order valence-electron chi connectivity index (χ4n) is 2.76. The lowest BCUT2D eigenvalue weighted by atomic mass is 9.94. The van der Waals surface area contributed by atoms with Gasteiger partial charge in [-0.3, -0.25) is 4.79 Å². The Morgan fingerprint density at radius 3 is 3.04 bits per heavy atom. The van der Waals surface area contributed by atoms with Crippen LogP contribution < -0.4 is 14.8 Å². The Morgan fingerprint density at radius 2 is 2.17 bits per heavy atom. The molecule has 1 N–H and O–H groups in total. The van der Waals surface area contributed by atoms with Crippen LogP contribution in [0.15, 0.2) is 35.7 Å². The number of carbonyl (C=O) groups excluding carboxylic acids is 1. The maximum Gasteiger partial charge on any atom is 0.231 e. The third-order valence-corrected chi connectivity index (χ3v) is 4.80. The summed E-state index contributed by atoms with van der Waals surface area (Å²) >= 11 is 1.44. The van der Waals surface area contributed by atoms with E-state index < -0.39 is 0 Å². The lowest BCUT2D eigenvalue weighted by Gasteiger charge is -2.15. The Bertz CT molecular complexity index is 769. The summed E-state index contributed by atoms with van der Waals surface area (Å²) in [5.74, 6) is 1.59. The molecule has 1 aromatic carbocycles. The van der Waals surface area contributed by atoms with Gasteiger partial charge in [0.05, 0.1) is 5.69 Å². The van der Waals surface area contributed by atoms with Gasteiger partial charge in [-0.1, -0.05) is 12.2 Å². The fraction of sp³-hybridized carbons (Fsp3) is 0.294. The first-order valence-corrected chi connectivity index (χ1v) is 8.49. The maximum atomic E-state index is 12.3. The molecule has 2 heterocycles. The highest BCUT2D eigenvalue weighted by molar-refractivity contribution is 7.14. The number of thiazole rings is 1. The summed E-state index contributed by atoms with van der Waals surface area (Å²) in [4.78, 5) is 16.8. The number of anilines is 1. The van der Waals surface area contributed by atoms with Crippen LogP contribution in [-0.4, -0.2) is 17.7 Å². The average molecular weight is 328 g/mol. The fourth-order valence-corrected chi connectivity index (χ4v) is 3.48. The monoisotopic (exact) mass is 328 g/mol. The first-order valence-electron chi connectivity index (χ1n) is 7.61. The molecule has 23 heavy (non-hydrogen) atoms. The third-order valence-electron chi connectivity index (χ3n) is 4.04. The molecule has 2 aliphatic rings. The van der Waals surface area contributed by atoms with Gasteiger partial charge in [-0.15, -0.1) is 11.3 Å². The van der Waals surface area contributed by atoms with E-state index in [-0.39, 0.29) is 18.6 Å². The lowest BCUT2D eigenvalue weighted by Crippen LogP contribution is -2.23. The van der Waals surface area contributed by atoms with Crippen LogP contribution in [-0.2, 0) is 4.79 Å². The van der Waals surface area contributed by atoms with Crippen LogP contribution in [0, 0.1) is 5.92 Å². The first-order chi connectivity index (χ1) is 11.3. The quantitative estimate of drug-likeness (QED) is 0.870. The van der Waals surface area contributed by atoms with E-state index in [0.29, 0.717) is 5.13 Å². The smallest absolute Gasteiger partial charge is 0.231 e. The number of allylic oxidation sites excluding steroid dienone is 2. The van der Waals surface area contributed by atoms with Crippen LogP contribution in [0.5, 0.6) is 11.5 Å². The summed E-state index contributed by atoms with van der Waals surface area (Å²) in [5, 5.41) is 5.51. The summed E-state index contributed by atoms with van der Waals surface area (Å²) in [6.45, 7) is 0.257. The molecule has 0 bridgehead atoms. The van der Waals surface area contributed by atoms with Gasteiger partial charge < -0.3 is 14.8 Å². The number of benzene rings is 1. The highest BCUT2D eigenvalue weighted by Gasteiger charge is 2.20. The minimum Gasteiger partial charge on any atom is -0.454 e. The standard InChI is InChI=1S/C17H16N2O3S/c20-16(11-4-2-1-3-5-11)19-17-18-13(9-23-17)12-6-7-14-15(8-12)22-10-21-14/h1-2,6-9,11H,3-5,10H2,(H,18,19,20)/t11-/m0/s1. The molecule has 1 atom stereocenters. The Kier molecular flexibility index (Phi) is 3.75. The first kappa shape index (κ1) is 14.3. The van der Waals surface area contributed by atoms with Crippen LogP contribution in [0.1, 0.15) is 19.3 Å². The van der Waals surface area contributed by atoms with E-state index in [4.69, 9.17) is 9.47 Å². The van der Waals surface area contributed by atoms with Crippen molar-refractivity contribution in [2.24, 2.45) is 5.92 Å². The summed E-state index contributed by atoms with van der Waals surface area (Å²) in [7, 11) is 0. The van der Waals surface area contributed by atoms with E-state index in [1.165, 1.54) is 11.3 Å². The molecular weight excluding hydrogens is 312 g/mol. The van der Waals surface area contributed by atoms with Crippen LogP contribution >= 0.6 is 11.3 Å². The van der Waals surface area contributed by atoms with Gasteiger partial charge in [-0.05, 0) is 37.5 Å². The largest absolute Gasteiger partial charge is 0.454 e. The lowest BCUT2D eigenvalue weighted by molar-refractivity contribution is -0.120. The number of amides is 1. The number of rotatable bonds is 3. The van der Waals surface area contributed by atoms with E-state index >= 15 is 0 Å². The van der Waals surface area contributed by atoms with E-state index in [1.54, 1.807) is 0 Å². The minimum absolute atomic E-state index is 0.0536. The molecule has 4 rings (SSSR count). The number of carbonyl (C=O) groups is 1. The van der Waals surface area contributed by atoms with Crippen molar-refractivity contribution in [3.05, 3.63) is 35.7 Å². The number of nitrogens with one attached hydrogen (secondary N) is 1. The minimum atomic E-state index is 0.0536. The zero-order chi connectivity index (χ0) is 15.6. The Balaban J connectivity index is 1.48. The predicted molar refractivity (Wildman–Crippen MR) is 88.8 cm³/mol. The summed E-state index contributed by atoms with van der Waals surface area (Å²) < 4.78 is 10.7. The second kappa shape index (κ2) is 6.04. The van der Waals surface area contributed by atoms with E-state index in [2.05, 4.69) is 22.5 Å². The molecule has 6 heteroatoms. The molecule has 1 aliphatic heterocycles. The van der Waals surface area contributed by atoms with Gasteiger partial charge in [0.15, 0.2) is 16.6 Å². The van der Waals surface area contributed by atoms with Gasteiger partial charge in [0.2, 0.25) is 12.7 Å². The summed E-state index contributed by atoms with van der Waals surface area (Å²) in [5.41, 5.74) is 1.78. The van der Waals surface area contributed by atoms with Gasteiger partial charge in [-0.2, -0.15) is 0 Å². The van der Waals surface area contributed by atoms with E-state index in [1.807, 2.05) is 23.6 Å². The van der Waals surface area contributed by atoms with Crippen molar-refractivity contribution in [1.82, 2.24) is 4.98 Å². The molecule has 2 aromatic rings. The maximum absolute atomic E-state index is 12.3. The topological polar surface area (TPSA) is 60.5 Å². The van der Waals surface area contributed by atoms with Crippen LogP contribution in [0.4, 0.5) is 5.13 Å². The Morgan fingerprint density at radius 1 is 1.26 bits per heavy atom. The van der Waals surface area contributed by atoms with E-state index in [9.17, 15) is 4.79 Å². The second-order valence-electron chi connectivity index (χ2n) is 5.58. The van der Waals surface area contributed by atoms with Crippen molar-refractivity contribution in [2.45, 2.75) is 19.3 Å². The van der Waals surface area contributed by atoms with Crippen LogP contribution in [0.3, 0.4) is 0 Å². The SMILES string of the molecule is O=C(Nc1nc(-c2ccc3c(c2)OCO3)cs1)[C@H]1CC=CCC1. The molecule has 1 aromatic heterocycles. The Hall–Kier alpha value is -2.34. The zero-order valence-electron chi connectivity index (χ0n) is 12.5. The van der Waals surface area contributed by atoms with Gasteiger partial charge in [0.25, 0.3) is 0 Å². The molecule has 1 amide bonds. The summed E-state index contributed by atoms with van der Waals surface area (Å²) in [6, 6.07) is 5.73. The third kappa shape index (κ3) is 2.94. The number of ether oxygens (including phenoxy) is 2. The number of nitrogens with zero attached hydrogens (tertiary/aromatic N) is 1. The summed E-state index contributed by atoms with van der Waals surface area (Å²) in [6.07, 6.45) is 6.89. The molecule has 0 spiro atoms. The van der Waals surface area contributed by atoms with Crippen molar-refractivity contribution in [2.75, 3.05) is 12.1 Å². The number of hydrogen-bond donors (Lipinski definition) is 1. The molecule has 0 saturated heterocycles. The molecule has 0 fully saturated rings. The molecular formula is C17H16N2O3S. The molecule has 1 aliphatic carbocycles. The molecule has 118 valence electrons. The highest BCUT2D eigenvalue weighted by Crippen LogP contribution is 2.36. The van der Waals surface area contributed by atoms with Gasteiger partial charge >= 0.3 is 0 Å². The van der Waals surface area contributed by atoms with Crippen molar-refractivity contribution in [3.8, 4) is 22.8 Å². The van der Waals surface area contributed by atoms with E-state index in [0.717, 1.165) is 42.0 Å². The molecule has 0 unspecified atom stereocenters. The number of hydrogen-bond acceptors (Lipinski definition) is 5. The highest BCUT2D eigenvalue weighted by atomic mass is 32.1. The molecule has 5 nitrogen and oxygen atoms in total. The normalized spacial score (nSPS) is 18.9. The molecule has 0 saturated carbocycles. The van der Waals surface area contributed by atoms with Gasteiger partial charge in [-0.25, -0.2) is 4.98 Å². The number of aromatic nitrogens is 1.